The van der Waals surface area contributed by atoms with Crippen molar-refractivity contribution in [2.75, 3.05) is 40.4 Å². The Bertz CT molecular complexity index is 912. The van der Waals surface area contributed by atoms with Crippen LogP contribution in [-0.2, 0) is 17.8 Å². The molecule has 0 aliphatic rings. The minimum Gasteiger partial charge on any atom is -0.493 e. The lowest BCUT2D eigenvalue weighted by atomic mass is 10.1. The fourth-order valence-corrected chi connectivity index (χ4v) is 3.68. The lowest BCUT2D eigenvalue weighted by Gasteiger charge is -2.27. The number of aryl methyl sites for hydroxylation is 1. The molecule has 0 radical (unpaired) electrons. The first-order valence-electron chi connectivity index (χ1n) is 12.0. The van der Waals surface area contributed by atoms with Crippen LogP contribution < -0.4 is 14.8 Å². The number of rotatable bonds is 14. The number of ether oxygens (including phenoxy) is 2. The monoisotopic (exact) mass is 473 g/mol. The molecule has 0 saturated carbocycles. The van der Waals surface area contributed by atoms with Crippen molar-refractivity contribution in [3.63, 3.8) is 0 Å². The molecule has 0 unspecified atom stereocenters. The maximum atomic E-state index is 13.4. The molecule has 0 bridgehead atoms. The molecule has 2 aromatic rings. The van der Waals surface area contributed by atoms with Crippen molar-refractivity contribution in [3.8, 4) is 11.5 Å². The Morgan fingerprint density at radius 2 is 1.74 bits per heavy atom. The summed E-state index contributed by atoms with van der Waals surface area (Å²) in [6.07, 6.45) is 3.55. The fourth-order valence-electron chi connectivity index (χ4n) is 3.68. The number of carbonyl (C=O) groups is 2. The van der Waals surface area contributed by atoms with E-state index in [2.05, 4.69) is 12.2 Å². The zero-order valence-electron chi connectivity index (χ0n) is 21.2. The van der Waals surface area contributed by atoms with Crippen LogP contribution >= 0.6 is 0 Å². The van der Waals surface area contributed by atoms with Crippen molar-refractivity contribution in [3.05, 3.63) is 47.4 Å². The molecule has 188 valence electrons. The highest BCUT2D eigenvalue weighted by molar-refractivity contribution is 5.84. The van der Waals surface area contributed by atoms with Crippen molar-refractivity contribution in [2.45, 2.75) is 53.0 Å². The van der Waals surface area contributed by atoms with Gasteiger partial charge < -0.3 is 29.0 Å². The van der Waals surface area contributed by atoms with Gasteiger partial charge in [0.05, 0.1) is 20.8 Å². The Morgan fingerprint density at radius 3 is 2.35 bits per heavy atom. The van der Waals surface area contributed by atoms with Gasteiger partial charge in [-0.3, -0.25) is 4.79 Å². The summed E-state index contributed by atoms with van der Waals surface area (Å²) >= 11 is 0. The van der Waals surface area contributed by atoms with Gasteiger partial charge in [0.25, 0.3) is 0 Å². The van der Waals surface area contributed by atoms with E-state index >= 15 is 0 Å². The maximum absolute atomic E-state index is 13.4. The Balaban J connectivity index is 2.15. The SMILES string of the molecule is CCCCCN(CC(=O)N(CCc1ccc(OC)c(OC)c1)Cc1ccc(C)o1)C(=O)NCC. The van der Waals surface area contributed by atoms with Gasteiger partial charge in [-0.2, -0.15) is 0 Å². The number of furan rings is 1. The van der Waals surface area contributed by atoms with Crippen LogP contribution in [0.3, 0.4) is 0 Å². The van der Waals surface area contributed by atoms with E-state index in [0.29, 0.717) is 49.9 Å². The van der Waals surface area contributed by atoms with Gasteiger partial charge >= 0.3 is 6.03 Å². The molecular formula is C26H39N3O5. The Hall–Kier alpha value is -3.16. The molecule has 3 amide bonds. The first-order valence-corrected chi connectivity index (χ1v) is 12.0. The van der Waals surface area contributed by atoms with Gasteiger partial charge in [0.15, 0.2) is 11.5 Å². The second-order valence-electron chi connectivity index (χ2n) is 8.23. The van der Waals surface area contributed by atoms with Gasteiger partial charge in [0.2, 0.25) is 5.91 Å². The quantitative estimate of drug-likeness (QED) is 0.411. The average Bonchev–Trinajstić information content (AvgIpc) is 3.25. The average molecular weight is 474 g/mol. The van der Waals surface area contributed by atoms with Crippen molar-refractivity contribution in [1.82, 2.24) is 15.1 Å². The number of amides is 3. The summed E-state index contributed by atoms with van der Waals surface area (Å²) in [4.78, 5) is 29.3. The van der Waals surface area contributed by atoms with Crippen LogP contribution in [0, 0.1) is 6.92 Å². The number of hydrogen-bond acceptors (Lipinski definition) is 5. The van der Waals surface area contributed by atoms with Crippen LogP contribution in [0.2, 0.25) is 0 Å². The Morgan fingerprint density at radius 1 is 0.971 bits per heavy atom. The third kappa shape index (κ3) is 8.32. The zero-order chi connectivity index (χ0) is 24.9. The molecule has 2 rings (SSSR count). The minimum atomic E-state index is -0.208. The summed E-state index contributed by atoms with van der Waals surface area (Å²) in [5.41, 5.74) is 1.02. The van der Waals surface area contributed by atoms with Crippen molar-refractivity contribution >= 4 is 11.9 Å². The number of unbranched alkanes of at least 4 members (excludes halogenated alkanes) is 2. The number of carbonyl (C=O) groups excluding carboxylic acids is 2. The molecule has 1 N–H and O–H groups in total. The van der Waals surface area contributed by atoms with Crippen LogP contribution in [0.15, 0.2) is 34.7 Å². The molecule has 1 heterocycles. The number of benzene rings is 1. The third-order valence-corrected chi connectivity index (χ3v) is 5.59. The van der Waals surface area contributed by atoms with E-state index in [1.165, 1.54) is 0 Å². The lowest BCUT2D eigenvalue weighted by Crippen LogP contribution is -2.47. The molecule has 0 fully saturated rings. The lowest BCUT2D eigenvalue weighted by molar-refractivity contribution is -0.132. The highest BCUT2D eigenvalue weighted by Crippen LogP contribution is 2.27. The van der Waals surface area contributed by atoms with E-state index < -0.39 is 0 Å². The van der Waals surface area contributed by atoms with Crippen molar-refractivity contribution < 1.29 is 23.5 Å². The number of nitrogens with one attached hydrogen (secondary N) is 1. The molecule has 8 heteroatoms. The summed E-state index contributed by atoms with van der Waals surface area (Å²) in [5.74, 6) is 2.71. The van der Waals surface area contributed by atoms with E-state index in [0.717, 1.165) is 30.6 Å². The van der Waals surface area contributed by atoms with Crippen LogP contribution in [0.25, 0.3) is 0 Å². The number of hydrogen-bond donors (Lipinski definition) is 1. The highest BCUT2D eigenvalue weighted by Gasteiger charge is 2.22. The topological polar surface area (TPSA) is 84.2 Å². The number of urea groups is 1. The highest BCUT2D eigenvalue weighted by atomic mass is 16.5. The summed E-state index contributed by atoms with van der Waals surface area (Å²) in [7, 11) is 3.20. The summed E-state index contributed by atoms with van der Waals surface area (Å²) < 4.78 is 16.5. The Kier molecular flexibility index (Phi) is 11.3. The van der Waals surface area contributed by atoms with Crippen molar-refractivity contribution in [2.24, 2.45) is 0 Å². The van der Waals surface area contributed by atoms with E-state index in [9.17, 15) is 9.59 Å². The summed E-state index contributed by atoms with van der Waals surface area (Å²) in [5, 5.41) is 2.82. The molecule has 0 saturated heterocycles. The molecule has 1 aromatic heterocycles. The van der Waals surface area contributed by atoms with E-state index in [1.54, 1.807) is 24.0 Å². The van der Waals surface area contributed by atoms with Crippen LogP contribution in [0.4, 0.5) is 4.79 Å². The first kappa shape index (κ1) is 27.1. The van der Waals surface area contributed by atoms with E-state index in [-0.39, 0.29) is 18.5 Å². The molecular weight excluding hydrogens is 434 g/mol. The molecule has 8 nitrogen and oxygen atoms in total. The number of methoxy groups -OCH3 is 2. The summed E-state index contributed by atoms with van der Waals surface area (Å²) in [6, 6.07) is 9.31. The molecule has 1 aromatic carbocycles. The normalized spacial score (nSPS) is 10.6. The van der Waals surface area contributed by atoms with Gasteiger partial charge in [-0.15, -0.1) is 0 Å². The number of nitrogens with zero attached hydrogens (tertiary/aromatic N) is 2. The largest absolute Gasteiger partial charge is 0.493 e. The molecule has 34 heavy (non-hydrogen) atoms. The van der Waals surface area contributed by atoms with E-state index in [4.69, 9.17) is 13.9 Å². The second kappa shape index (κ2) is 14.2. The second-order valence-corrected chi connectivity index (χ2v) is 8.23. The predicted molar refractivity (Wildman–Crippen MR) is 132 cm³/mol. The molecule has 0 aliphatic heterocycles. The van der Waals surface area contributed by atoms with Crippen molar-refractivity contribution in [1.29, 1.82) is 0 Å². The summed E-state index contributed by atoms with van der Waals surface area (Å²) in [6.45, 7) is 7.79. The van der Waals surface area contributed by atoms with E-state index in [1.807, 2.05) is 44.2 Å². The minimum absolute atomic E-state index is 0.0289. The standard InChI is InChI=1S/C26H39N3O5/c1-6-8-9-15-29(26(31)27-7-2)19-25(30)28(18-22-12-10-20(3)34-22)16-14-21-11-13-23(32-4)24(17-21)33-5/h10-13,17H,6-9,14-16,18-19H2,1-5H3,(H,27,31). The van der Waals surface area contributed by atoms with Gasteiger partial charge in [-0.1, -0.05) is 25.8 Å². The molecule has 0 atom stereocenters. The fraction of sp³-hybridized carbons (Fsp3) is 0.538. The first-order chi connectivity index (χ1) is 16.4. The van der Waals surface area contributed by atoms with Gasteiger partial charge in [-0.25, -0.2) is 4.79 Å². The third-order valence-electron chi connectivity index (χ3n) is 5.59. The molecule has 0 spiro atoms. The Labute approximate surface area is 203 Å². The van der Waals surface area contributed by atoms with Crippen LogP contribution in [-0.4, -0.2) is 62.1 Å². The van der Waals surface area contributed by atoms with Gasteiger partial charge in [0, 0.05) is 19.6 Å². The maximum Gasteiger partial charge on any atom is 0.317 e. The van der Waals surface area contributed by atoms with Crippen LogP contribution in [0.5, 0.6) is 11.5 Å². The smallest absolute Gasteiger partial charge is 0.317 e. The molecule has 0 aliphatic carbocycles. The van der Waals surface area contributed by atoms with Gasteiger partial charge in [-0.05, 0) is 56.5 Å². The zero-order valence-corrected chi connectivity index (χ0v) is 21.2. The van der Waals surface area contributed by atoms with Gasteiger partial charge in [0.1, 0.15) is 18.1 Å². The predicted octanol–water partition coefficient (Wildman–Crippen LogP) is 4.40. The van der Waals surface area contributed by atoms with Crippen LogP contribution in [0.1, 0.15) is 50.2 Å².